The second-order valence-electron chi connectivity index (χ2n) is 6.38. The van der Waals surface area contributed by atoms with Crippen LogP contribution in [0, 0.1) is 0 Å². The minimum absolute atomic E-state index is 0.0145. The maximum atomic E-state index is 13.3. The van der Waals surface area contributed by atoms with E-state index in [0.29, 0.717) is 5.39 Å². The van der Waals surface area contributed by atoms with Gasteiger partial charge in [0.1, 0.15) is 22.1 Å². The number of hydrogen-bond donors (Lipinski definition) is 0. The zero-order valence-corrected chi connectivity index (χ0v) is 14.5. The fraction of sp³-hybridized carbons (Fsp3) is 0.294. The number of esters is 1. The van der Waals surface area contributed by atoms with Gasteiger partial charge in [0.05, 0.1) is 12.0 Å². The van der Waals surface area contributed by atoms with Crippen LogP contribution >= 0.6 is 11.6 Å². The van der Waals surface area contributed by atoms with Crippen LogP contribution in [0.15, 0.2) is 34.9 Å². The van der Waals surface area contributed by atoms with E-state index < -0.39 is 23.8 Å². The van der Waals surface area contributed by atoms with Gasteiger partial charge >= 0.3 is 5.97 Å². The molecule has 0 atom stereocenters. The van der Waals surface area contributed by atoms with Crippen molar-refractivity contribution in [2.45, 2.75) is 32.8 Å². The molecule has 3 aromatic rings. The van der Waals surface area contributed by atoms with Crippen molar-refractivity contribution >= 4 is 28.6 Å². The maximum absolute atomic E-state index is 13.3. The Bertz CT molecular complexity index is 941. The minimum Gasteiger partial charge on any atom is -0.461 e. The zero-order chi connectivity index (χ0) is 18.4. The lowest BCUT2D eigenvalue weighted by molar-refractivity contribution is 0.00605. The third-order valence-corrected chi connectivity index (χ3v) is 3.55. The highest BCUT2D eigenvalue weighted by Gasteiger charge is 2.27. The monoisotopic (exact) mass is 368 g/mol. The molecule has 3 heterocycles. The molecule has 0 aliphatic heterocycles. The van der Waals surface area contributed by atoms with Crippen LogP contribution in [0.5, 0.6) is 0 Å². The van der Waals surface area contributed by atoms with E-state index >= 15 is 0 Å². The molecule has 0 N–H and O–H groups in total. The van der Waals surface area contributed by atoms with Gasteiger partial charge in [-0.15, -0.1) is 0 Å². The van der Waals surface area contributed by atoms with Crippen LogP contribution in [0.4, 0.5) is 8.78 Å². The van der Waals surface area contributed by atoms with Crippen molar-refractivity contribution in [3.8, 4) is 5.69 Å². The molecule has 0 bridgehead atoms. The molecule has 5 nitrogen and oxygen atoms in total. The van der Waals surface area contributed by atoms with Crippen LogP contribution in [-0.2, 0) is 4.74 Å². The highest BCUT2D eigenvalue weighted by molar-refractivity contribution is 6.29. The smallest absolute Gasteiger partial charge is 0.355 e. The van der Waals surface area contributed by atoms with Crippen molar-refractivity contribution in [3.63, 3.8) is 0 Å². The predicted octanol–water partition coefficient (Wildman–Crippen LogP) is 5.16. The standard InChI is InChI=1S/C17H15ClF2N2O3/c1-17(2,3)25-16(23)11-8-9-4-5-12(18)21-15(9)22(11)10-6-7-24-13(10)14(19)20/h4-8,14H,1-3H3. The summed E-state index contributed by atoms with van der Waals surface area (Å²) in [6.45, 7) is 5.15. The summed E-state index contributed by atoms with van der Waals surface area (Å²) < 4.78 is 38.1. The van der Waals surface area contributed by atoms with Gasteiger partial charge in [0.25, 0.3) is 6.43 Å². The number of pyridine rings is 1. The summed E-state index contributed by atoms with van der Waals surface area (Å²) in [6.07, 6.45) is -1.72. The van der Waals surface area contributed by atoms with Crippen LogP contribution in [0.3, 0.4) is 0 Å². The number of aromatic nitrogens is 2. The normalized spacial score (nSPS) is 12.1. The predicted molar refractivity (Wildman–Crippen MR) is 88.5 cm³/mol. The number of alkyl halides is 2. The lowest BCUT2D eigenvalue weighted by Crippen LogP contribution is -2.25. The molecule has 0 fully saturated rings. The lowest BCUT2D eigenvalue weighted by Gasteiger charge is -2.20. The number of halogens is 3. The number of rotatable bonds is 3. The van der Waals surface area contributed by atoms with Gasteiger partial charge in [-0.3, -0.25) is 4.57 Å². The number of fused-ring (bicyclic) bond motifs is 1. The first-order valence-corrected chi connectivity index (χ1v) is 7.82. The van der Waals surface area contributed by atoms with Crippen LogP contribution < -0.4 is 0 Å². The van der Waals surface area contributed by atoms with E-state index in [-0.39, 0.29) is 22.2 Å². The van der Waals surface area contributed by atoms with E-state index in [1.807, 2.05) is 0 Å². The Kier molecular flexibility index (Phi) is 4.28. The summed E-state index contributed by atoms with van der Waals surface area (Å²) in [6, 6.07) is 6.07. The third kappa shape index (κ3) is 3.37. The second kappa shape index (κ2) is 6.15. The summed E-state index contributed by atoms with van der Waals surface area (Å²) in [4.78, 5) is 16.8. The Labute approximate surface area is 147 Å². The number of nitrogens with zero attached hydrogens (tertiary/aromatic N) is 2. The van der Waals surface area contributed by atoms with E-state index in [1.54, 1.807) is 32.9 Å². The topological polar surface area (TPSA) is 57.3 Å². The molecule has 3 aromatic heterocycles. The van der Waals surface area contributed by atoms with Crippen molar-refractivity contribution in [2.75, 3.05) is 0 Å². The van der Waals surface area contributed by atoms with Crippen LogP contribution in [0.25, 0.3) is 16.7 Å². The van der Waals surface area contributed by atoms with E-state index in [4.69, 9.17) is 20.8 Å². The van der Waals surface area contributed by atoms with E-state index in [1.165, 1.54) is 16.7 Å². The molecule has 0 amide bonds. The van der Waals surface area contributed by atoms with Gasteiger partial charge in [-0.2, -0.15) is 0 Å². The molecular weight excluding hydrogens is 354 g/mol. The molecular formula is C17H15ClF2N2O3. The average molecular weight is 369 g/mol. The first-order valence-electron chi connectivity index (χ1n) is 7.44. The fourth-order valence-corrected chi connectivity index (χ4v) is 2.58. The van der Waals surface area contributed by atoms with Crippen LogP contribution in [0.2, 0.25) is 5.15 Å². The molecule has 0 aliphatic carbocycles. The number of carbonyl (C=O) groups excluding carboxylic acids is 1. The SMILES string of the molecule is CC(C)(C)OC(=O)c1cc2ccc(Cl)nc2n1-c1ccoc1C(F)F. The Hall–Kier alpha value is -2.41. The summed E-state index contributed by atoms with van der Waals surface area (Å²) in [5.41, 5.74) is -0.411. The molecule has 25 heavy (non-hydrogen) atoms. The summed E-state index contributed by atoms with van der Waals surface area (Å²) in [5, 5.41) is 0.733. The van der Waals surface area contributed by atoms with Gasteiger partial charge < -0.3 is 9.15 Å². The van der Waals surface area contributed by atoms with Gasteiger partial charge in [-0.25, -0.2) is 18.6 Å². The van der Waals surface area contributed by atoms with E-state index in [9.17, 15) is 13.6 Å². The minimum atomic E-state index is -2.85. The molecule has 132 valence electrons. The summed E-state index contributed by atoms with van der Waals surface area (Å²) in [7, 11) is 0. The molecule has 0 spiro atoms. The highest BCUT2D eigenvalue weighted by atomic mass is 35.5. The van der Waals surface area contributed by atoms with Crippen LogP contribution in [-0.4, -0.2) is 21.1 Å². The van der Waals surface area contributed by atoms with E-state index in [0.717, 1.165) is 6.26 Å². The Morgan fingerprint density at radius 2 is 2.04 bits per heavy atom. The molecule has 0 aromatic carbocycles. The van der Waals surface area contributed by atoms with Gasteiger partial charge in [-0.1, -0.05) is 11.6 Å². The van der Waals surface area contributed by atoms with Gasteiger partial charge in [-0.05, 0) is 39.0 Å². The lowest BCUT2D eigenvalue weighted by atomic mass is 10.2. The first kappa shape index (κ1) is 17.4. The molecule has 0 unspecified atom stereocenters. The second-order valence-corrected chi connectivity index (χ2v) is 6.77. The Morgan fingerprint density at radius 1 is 1.32 bits per heavy atom. The zero-order valence-electron chi connectivity index (χ0n) is 13.7. The number of hydrogen-bond acceptors (Lipinski definition) is 4. The molecule has 0 saturated carbocycles. The summed E-state index contributed by atoms with van der Waals surface area (Å²) in [5.74, 6) is -1.23. The van der Waals surface area contributed by atoms with Gasteiger partial charge in [0.2, 0.25) is 0 Å². The molecule has 0 radical (unpaired) electrons. The van der Waals surface area contributed by atoms with Crippen molar-refractivity contribution in [3.05, 3.63) is 47.1 Å². The maximum Gasteiger partial charge on any atom is 0.355 e. The molecule has 0 saturated heterocycles. The number of ether oxygens (including phenoxy) is 1. The molecule has 0 aliphatic rings. The Morgan fingerprint density at radius 3 is 2.68 bits per heavy atom. The van der Waals surface area contributed by atoms with Gasteiger partial charge in [0.15, 0.2) is 5.76 Å². The number of furan rings is 1. The fourth-order valence-electron chi connectivity index (χ4n) is 2.44. The van der Waals surface area contributed by atoms with Crippen molar-refractivity contribution in [1.82, 2.24) is 9.55 Å². The van der Waals surface area contributed by atoms with Gasteiger partial charge in [0, 0.05) is 11.5 Å². The molecule has 3 rings (SSSR count). The largest absolute Gasteiger partial charge is 0.461 e. The molecule has 8 heteroatoms. The first-order chi connectivity index (χ1) is 11.7. The third-order valence-electron chi connectivity index (χ3n) is 3.34. The van der Waals surface area contributed by atoms with Crippen molar-refractivity contribution < 1.29 is 22.7 Å². The Balaban J connectivity index is 2.27. The highest BCUT2D eigenvalue weighted by Crippen LogP contribution is 2.32. The van der Waals surface area contributed by atoms with E-state index in [2.05, 4.69) is 4.98 Å². The number of carbonyl (C=O) groups is 1. The quantitative estimate of drug-likeness (QED) is 0.473. The van der Waals surface area contributed by atoms with Crippen molar-refractivity contribution in [1.29, 1.82) is 0 Å². The van der Waals surface area contributed by atoms with Crippen LogP contribution in [0.1, 0.15) is 43.4 Å². The summed E-state index contributed by atoms with van der Waals surface area (Å²) >= 11 is 5.94. The average Bonchev–Trinajstić information content (AvgIpc) is 3.08. The van der Waals surface area contributed by atoms with Crippen molar-refractivity contribution in [2.24, 2.45) is 0 Å².